The van der Waals surface area contributed by atoms with Gasteiger partial charge in [-0.05, 0) is 44.5 Å². The van der Waals surface area contributed by atoms with Crippen molar-refractivity contribution in [1.29, 1.82) is 0 Å². The van der Waals surface area contributed by atoms with Crippen LogP contribution in [0.15, 0.2) is 55.1 Å². The molecule has 4 rings (SSSR count). The van der Waals surface area contributed by atoms with Gasteiger partial charge in [-0.25, -0.2) is 19.2 Å². The van der Waals surface area contributed by atoms with E-state index in [0.717, 1.165) is 12.4 Å². The molecule has 13 heteroatoms. The predicted molar refractivity (Wildman–Crippen MR) is 135 cm³/mol. The number of fused-ring (bicyclic) bond motifs is 1. The molecule has 1 aromatic carbocycles. The van der Waals surface area contributed by atoms with E-state index < -0.39 is 30.0 Å². The molecule has 204 valence electrons. The molecule has 0 spiro atoms. The normalized spacial score (nSPS) is 11.5. The average Bonchev–Trinajstić information content (AvgIpc) is 3.24. The van der Waals surface area contributed by atoms with Gasteiger partial charge in [0.25, 0.3) is 5.91 Å². The third kappa shape index (κ3) is 7.00. The summed E-state index contributed by atoms with van der Waals surface area (Å²) in [5.74, 6) is -1.03. The first-order valence-electron chi connectivity index (χ1n) is 11.8. The van der Waals surface area contributed by atoms with Crippen LogP contribution >= 0.6 is 0 Å². The van der Waals surface area contributed by atoms with Gasteiger partial charge in [0.05, 0.1) is 29.0 Å². The van der Waals surface area contributed by atoms with Crippen LogP contribution in [0.3, 0.4) is 0 Å². The average molecular weight is 543 g/mol. The molecule has 2 N–H and O–H groups in total. The van der Waals surface area contributed by atoms with Gasteiger partial charge in [-0.3, -0.25) is 14.3 Å². The van der Waals surface area contributed by atoms with Crippen molar-refractivity contribution < 1.29 is 32.2 Å². The molecule has 0 radical (unpaired) electrons. The first-order valence-corrected chi connectivity index (χ1v) is 11.8. The zero-order chi connectivity index (χ0) is 28.2. The van der Waals surface area contributed by atoms with E-state index in [1.807, 2.05) is 0 Å². The van der Waals surface area contributed by atoms with E-state index in [1.54, 1.807) is 45.2 Å². The van der Waals surface area contributed by atoms with Crippen molar-refractivity contribution in [2.45, 2.75) is 33.0 Å². The van der Waals surface area contributed by atoms with Gasteiger partial charge in [0.1, 0.15) is 11.4 Å². The summed E-state index contributed by atoms with van der Waals surface area (Å²) >= 11 is 0. The predicted octanol–water partition coefficient (Wildman–Crippen LogP) is 4.48. The Morgan fingerprint density at radius 1 is 1.03 bits per heavy atom. The minimum absolute atomic E-state index is 0.0441. The van der Waals surface area contributed by atoms with E-state index in [4.69, 9.17) is 4.74 Å². The lowest BCUT2D eigenvalue weighted by atomic mass is 10.1. The first kappa shape index (κ1) is 27.4. The number of hydrogen-bond acceptors (Lipinski definition) is 7. The maximum absolute atomic E-state index is 13.5. The van der Waals surface area contributed by atoms with Crippen LogP contribution in [0.25, 0.3) is 28.1 Å². The van der Waals surface area contributed by atoms with Crippen LogP contribution in [-0.4, -0.2) is 56.8 Å². The number of carbonyl (C=O) groups excluding carboxylic acids is 2. The lowest BCUT2D eigenvalue weighted by Crippen LogP contribution is -2.37. The molecule has 0 aliphatic heterocycles. The second-order valence-corrected chi connectivity index (χ2v) is 9.30. The second kappa shape index (κ2) is 11.4. The van der Waals surface area contributed by atoms with Crippen molar-refractivity contribution in [2.75, 3.05) is 13.1 Å². The van der Waals surface area contributed by atoms with Crippen LogP contribution in [-0.2, 0) is 4.74 Å². The molecule has 0 aliphatic rings. The zero-order valence-corrected chi connectivity index (χ0v) is 21.2. The maximum atomic E-state index is 13.5. The van der Waals surface area contributed by atoms with E-state index in [-0.39, 0.29) is 30.4 Å². The van der Waals surface area contributed by atoms with Crippen LogP contribution < -0.4 is 15.4 Å². The molecule has 2 amide bonds. The molecule has 0 fully saturated rings. The Kier molecular flexibility index (Phi) is 7.98. The smallest absolute Gasteiger partial charge is 0.407 e. The number of ether oxygens (including phenoxy) is 2. The van der Waals surface area contributed by atoms with Gasteiger partial charge < -0.3 is 20.1 Å². The van der Waals surface area contributed by atoms with E-state index in [0.29, 0.717) is 22.2 Å². The van der Waals surface area contributed by atoms with Crippen molar-refractivity contribution >= 4 is 23.0 Å². The molecule has 0 saturated carbocycles. The molecule has 0 atom stereocenters. The lowest BCUT2D eigenvalue weighted by molar-refractivity contribution is -0.0498. The van der Waals surface area contributed by atoms with E-state index >= 15 is 0 Å². The third-order valence-corrected chi connectivity index (χ3v) is 5.17. The highest BCUT2D eigenvalue weighted by molar-refractivity contribution is 6.00. The number of rotatable bonds is 8. The summed E-state index contributed by atoms with van der Waals surface area (Å²) < 4.78 is 50.2. The Balaban J connectivity index is 1.62. The summed E-state index contributed by atoms with van der Waals surface area (Å²) in [5, 5.41) is 5.23. The molecule has 0 bridgehead atoms. The van der Waals surface area contributed by atoms with Crippen molar-refractivity contribution in [2.24, 2.45) is 0 Å². The topological polar surface area (TPSA) is 120 Å². The molecule has 0 aliphatic carbocycles. The van der Waals surface area contributed by atoms with Crippen LogP contribution in [0.4, 0.5) is 18.0 Å². The van der Waals surface area contributed by atoms with Gasteiger partial charge in [-0.2, -0.15) is 8.78 Å². The Labute approximate surface area is 221 Å². The summed E-state index contributed by atoms with van der Waals surface area (Å²) in [6, 6.07) is 7.61. The fraction of sp³-hybridized carbons (Fsp3) is 0.269. The van der Waals surface area contributed by atoms with E-state index in [9.17, 15) is 22.8 Å². The number of amides is 2. The Morgan fingerprint density at radius 3 is 2.44 bits per heavy atom. The van der Waals surface area contributed by atoms with E-state index in [2.05, 4.69) is 30.3 Å². The molecule has 0 unspecified atom stereocenters. The number of nitrogens with one attached hydrogen (secondary N) is 2. The number of hydrogen-bond donors (Lipinski definition) is 2. The fourth-order valence-corrected chi connectivity index (χ4v) is 3.63. The zero-order valence-electron chi connectivity index (χ0n) is 21.2. The van der Waals surface area contributed by atoms with Gasteiger partial charge in [-0.15, -0.1) is 0 Å². The standard InChI is InChI=1S/C26H25F3N6O4/c1-26(2,3)39-25(37)31-8-7-30-22(36)16-10-20-21(32-11-16)19(14-35(20)24-33-12-17(27)13-34-24)15-5-4-6-18(9-15)38-23(28)29/h4-6,9-14,23H,7-8H2,1-3H3,(H,30,36)(H,31,37). The molecule has 3 aromatic heterocycles. The summed E-state index contributed by atoms with van der Waals surface area (Å²) in [5.41, 5.74) is 1.41. The van der Waals surface area contributed by atoms with Gasteiger partial charge in [-0.1, -0.05) is 12.1 Å². The fourth-order valence-electron chi connectivity index (χ4n) is 3.63. The van der Waals surface area contributed by atoms with Crippen molar-refractivity contribution in [3.63, 3.8) is 0 Å². The number of aromatic nitrogens is 4. The number of pyridine rings is 1. The summed E-state index contributed by atoms with van der Waals surface area (Å²) in [7, 11) is 0. The molecule has 10 nitrogen and oxygen atoms in total. The van der Waals surface area contributed by atoms with Gasteiger partial charge in [0, 0.05) is 31.0 Å². The summed E-state index contributed by atoms with van der Waals surface area (Å²) in [6.07, 6.45) is 4.35. The number of benzene rings is 1. The van der Waals surface area contributed by atoms with E-state index in [1.165, 1.54) is 22.9 Å². The van der Waals surface area contributed by atoms with Crippen LogP contribution in [0.5, 0.6) is 5.75 Å². The Morgan fingerprint density at radius 2 is 1.74 bits per heavy atom. The largest absolute Gasteiger partial charge is 0.444 e. The van der Waals surface area contributed by atoms with Crippen molar-refractivity contribution in [3.8, 4) is 22.8 Å². The number of nitrogens with zero attached hydrogens (tertiary/aromatic N) is 4. The lowest BCUT2D eigenvalue weighted by Gasteiger charge is -2.19. The third-order valence-electron chi connectivity index (χ3n) is 5.17. The van der Waals surface area contributed by atoms with Gasteiger partial charge >= 0.3 is 12.7 Å². The monoisotopic (exact) mass is 542 g/mol. The minimum atomic E-state index is -2.99. The number of carbonyl (C=O) groups is 2. The molecule has 3 heterocycles. The number of halogens is 3. The highest BCUT2D eigenvalue weighted by Gasteiger charge is 2.19. The molecule has 39 heavy (non-hydrogen) atoms. The SMILES string of the molecule is CC(C)(C)OC(=O)NCCNC(=O)c1cnc2c(-c3cccc(OC(F)F)c3)cn(-c3ncc(F)cn3)c2c1. The molecule has 4 aromatic rings. The summed E-state index contributed by atoms with van der Waals surface area (Å²) in [6.45, 7) is 2.49. The number of alkyl halides is 2. The Bertz CT molecular complexity index is 1490. The molecular weight excluding hydrogens is 517 g/mol. The molecular formula is C26H25F3N6O4. The Hall–Kier alpha value is -4.68. The van der Waals surface area contributed by atoms with Crippen molar-refractivity contribution in [1.82, 2.24) is 30.2 Å². The van der Waals surface area contributed by atoms with Crippen molar-refractivity contribution in [3.05, 3.63) is 66.5 Å². The molecule has 0 saturated heterocycles. The van der Waals surface area contributed by atoms with Gasteiger partial charge in [0.15, 0.2) is 5.82 Å². The highest BCUT2D eigenvalue weighted by atomic mass is 19.3. The maximum Gasteiger partial charge on any atom is 0.407 e. The second-order valence-electron chi connectivity index (χ2n) is 9.30. The highest BCUT2D eigenvalue weighted by Crippen LogP contribution is 2.33. The number of alkyl carbamates (subject to hydrolysis) is 1. The minimum Gasteiger partial charge on any atom is -0.444 e. The van der Waals surface area contributed by atoms with Crippen LogP contribution in [0, 0.1) is 5.82 Å². The summed E-state index contributed by atoms with van der Waals surface area (Å²) in [4.78, 5) is 37.0. The van der Waals surface area contributed by atoms with Crippen LogP contribution in [0.1, 0.15) is 31.1 Å². The van der Waals surface area contributed by atoms with Crippen LogP contribution in [0.2, 0.25) is 0 Å². The first-order chi connectivity index (χ1) is 18.5. The van der Waals surface area contributed by atoms with Gasteiger partial charge in [0.2, 0.25) is 5.95 Å². The quantitative estimate of drug-likeness (QED) is 0.315.